The van der Waals surface area contributed by atoms with E-state index in [9.17, 15) is 0 Å². The fourth-order valence-electron chi connectivity index (χ4n) is 3.31. The Morgan fingerprint density at radius 3 is 2.11 bits per heavy atom. The summed E-state index contributed by atoms with van der Waals surface area (Å²) in [5.74, 6) is 1.26. The van der Waals surface area contributed by atoms with Crippen LogP contribution in [-0.2, 0) is 0 Å². The van der Waals surface area contributed by atoms with E-state index in [0.29, 0.717) is 5.88 Å². The van der Waals surface area contributed by atoms with E-state index in [1.54, 1.807) is 0 Å². The van der Waals surface area contributed by atoms with Gasteiger partial charge in [0.15, 0.2) is 0 Å². The summed E-state index contributed by atoms with van der Waals surface area (Å²) in [6.45, 7) is 0. The van der Waals surface area contributed by atoms with Gasteiger partial charge in [-0.1, -0.05) is 78.9 Å². The summed E-state index contributed by atoms with van der Waals surface area (Å²) in [5, 5.41) is 13.1. The highest BCUT2D eigenvalue weighted by Crippen LogP contribution is 2.33. The first kappa shape index (κ1) is 15.5. The summed E-state index contributed by atoms with van der Waals surface area (Å²) in [7, 11) is 0. The molecule has 3 heteroatoms. The van der Waals surface area contributed by atoms with E-state index >= 15 is 0 Å². The molecular formula is C24H16N2O. The highest BCUT2D eigenvalue weighted by molar-refractivity contribution is 5.97. The second kappa shape index (κ2) is 6.54. The predicted octanol–water partition coefficient (Wildman–Crippen LogP) is 6.24. The van der Waals surface area contributed by atoms with Crippen molar-refractivity contribution in [3.63, 3.8) is 0 Å². The zero-order valence-electron chi connectivity index (χ0n) is 14.5. The maximum absolute atomic E-state index is 6.12. The van der Waals surface area contributed by atoms with Gasteiger partial charge < -0.3 is 4.74 Å². The Balaban J connectivity index is 1.61. The van der Waals surface area contributed by atoms with E-state index in [-0.39, 0.29) is 0 Å². The molecule has 0 aliphatic rings. The minimum absolute atomic E-state index is 0.514. The number of aromatic nitrogens is 2. The van der Waals surface area contributed by atoms with Gasteiger partial charge in [-0.25, -0.2) is 0 Å². The highest BCUT2D eigenvalue weighted by Gasteiger charge is 2.12. The number of ether oxygens (including phenoxy) is 1. The third-order valence-electron chi connectivity index (χ3n) is 4.64. The Labute approximate surface area is 156 Å². The third kappa shape index (κ3) is 2.89. The van der Waals surface area contributed by atoms with Crippen LogP contribution < -0.4 is 4.74 Å². The summed E-state index contributed by atoms with van der Waals surface area (Å²) in [6, 6.07) is 32.4. The van der Waals surface area contributed by atoms with Gasteiger partial charge in [0, 0.05) is 16.3 Å². The molecule has 0 radical (unpaired) electrons. The van der Waals surface area contributed by atoms with Gasteiger partial charge in [0.2, 0.25) is 5.88 Å². The van der Waals surface area contributed by atoms with Crippen molar-refractivity contribution in [2.24, 2.45) is 0 Å². The van der Waals surface area contributed by atoms with Gasteiger partial charge in [0.25, 0.3) is 0 Å². The first-order chi connectivity index (χ1) is 13.4. The molecule has 27 heavy (non-hydrogen) atoms. The average Bonchev–Trinajstić information content (AvgIpc) is 2.74. The highest BCUT2D eigenvalue weighted by atomic mass is 16.5. The van der Waals surface area contributed by atoms with Gasteiger partial charge in [-0.3, -0.25) is 0 Å². The van der Waals surface area contributed by atoms with Crippen LogP contribution in [0.1, 0.15) is 0 Å². The van der Waals surface area contributed by atoms with Gasteiger partial charge in [-0.05, 0) is 29.0 Å². The molecular weight excluding hydrogens is 332 g/mol. The summed E-state index contributed by atoms with van der Waals surface area (Å²) >= 11 is 0. The minimum atomic E-state index is 0.514. The number of nitrogens with zero attached hydrogens (tertiary/aromatic N) is 2. The molecule has 0 unspecified atom stereocenters. The molecule has 0 aliphatic heterocycles. The average molecular weight is 348 g/mol. The van der Waals surface area contributed by atoms with Crippen LogP contribution in [-0.4, -0.2) is 10.2 Å². The van der Waals surface area contributed by atoms with Crippen LogP contribution >= 0.6 is 0 Å². The SMILES string of the molecule is c1ccc(-c2nnc(Oc3ccc4ccccc4c3)c3ccccc23)cc1. The van der Waals surface area contributed by atoms with Crippen LogP contribution in [0.5, 0.6) is 11.6 Å². The Hall–Kier alpha value is -3.72. The van der Waals surface area contributed by atoms with Gasteiger partial charge in [-0.2, -0.15) is 0 Å². The van der Waals surface area contributed by atoms with Gasteiger partial charge in [0.1, 0.15) is 11.4 Å². The van der Waals surface area contributed by atoms with Crippen molar-refractivity contribution in [2.45, 2.75) is 0 Å². The third-order valence-corrected chi connectivity index (χ3v) is 4.64. The van der Waals surface area contributed by atoms with Crippen LogP contribution in [0.4, 0.5) is 0 Å². The number of fused-ring (bicyclic) bond motifs is 2. The summed E-state index contributed by atoms with van der Waals surface area (Å²) < 4.78 is 6.12. The van der Waals surface area contributed by atoms with Gasteiger partial charge in [0.05, 0.1) is 0 Å². The number of rotatable bonds is 3. The Morgan fingerprint density at radius 2 is 1.26 bits per heavy atom. The standard InChI is InChI=1S/C24H16N2O/c1-2-9-18(10-3-1)23-21-12-6-7-13-22(21)24(26-25-23)27-20-15-14-17-8-4-5-11-19(17)16-20/h1-16H. The molecule has 0 fully saturated rings. The van der Waals surface area contributed by atoms with Crippen LogP contribution in [0.25, 0.3) is 32.8 Å². The smallest absolute Gasteiger partial charge is 0.246 e. The Bertz CT molecular complexity index is 1250. The van der Waals surface area contributed by atoms with Crippen molar-refractivity contribution in [1.82, 2.24) is 10.2 Å². The van der Waals surface area contributed by atoms with Gasteiger partial charge in [-0.15, -0.1) is 10.2 Å². The molecule has 5 rings (SSSR count). The number of hydrogen-bond acceptors (Lipinski definition) is 3. The van der Waals surface area contributed by atoms with E-state index in [2.05, 4.69) is 34.5 Å². The molecule has 3 nitrogen and oxygen atoms in total. The summed E-state index contributed by atoms with van der Waals surface area (Å²) in [6.07, 6.45) is 0. The maximum atomic E-state index is 6.12. The van der Waals surface area contributed by atoms with Crippen LogP contribution in [0.2, 0.25) is 0 Å². The molecule has 4 aromatic carbocycles. The lowest BCUT2D eigenvalue weighted by Gasteiger charge is -2.11. The lowest BCUT2D eigenvalue weighted by atomic mass is 10.1. The van der Waals surface area contributed by atoms with Crippen molar-refractivity contribution in [1.29, 1.82) is 0 Å². The first-order valence-corrected chi connectivity index (χ1v) is 8.86. The van der Waals surface area contributed by atoms with E-state index in [1.807, 2.05) is 72.8 Å². The summed E-state index contributed by atoms with van der Waals surface area (Å²) in [5.41, 5.74) is 1.90. The molecule has 0 saturated carbocycles. The number of hydrogen-bond donors (Lipinski definition) is 0. The molecule has 0 bridgehead atoms. The predicted molar refractivity (Wildman–Crippen MR) is 109 cm³/mol. The van der Waals surface area contributed by atoms with Crippen LogP contribution in [0, 0.1) is 0 Å². The van der Waals surface area contributed by atoms with Gasteiger partial charge >= 0.3 is 0 Å². The van der Waals surface area contributed by atoms with Crippen molar-refractivity contribution in [3.05, 3.63) is 97.1 Å². The Kier molecular flexibility index (Phi) is 3.76. The van der Waals surface area contributed by atoms with Crippen molar-refractivity contribution in [2.75, 3.05) is 0 Å². The lowest BCUT2D eigenvalue weighted by molar-refractivity contribution is 0.463. The molecule has 5 aromatic rings. The van der Waals surface area contributed by atoms with E-state index in [0.717, 1.165) is 33.2 Å². The van der Waals surface area contributed by atoms with Crippen LogP contribution in [0.15, 0.2) is 97.1 Å². The van der Waals surface area contributed by atoms with Crippen LogP contribution in [0.3, 0.4) is 0 Å². The zero-order valence-corrected chi connectivity index (χ0v) is 14.5. The minimum Gasteiger partial charge on any atom is -0.437 e. The largest absolute Gasteiger partial charge is 0.437 e. The topological polar surface area (TPSA) is 35.0 Å². The maximum Gasteiger partial charge on any atom is 0.246 e. The molecule has 0 saturated heterocycles. The second-order valence-corrected chi connectivity index (χ2v) is 6.38. The quantitative estimate of drug-likeness (QED) is 0.387. The monoisotopic (exact) mass is 348 g/mol. The molecule has 128 valence electrons. The van der Waals surface area contributed by atoms with E-state index in [1.165, 1.54) is 5.39 Å². The van der Waals surface area contributed by atoms with E-state index in [4.69, 9.17) is 4.74 Å². The summed E-state index contributed by atoms with van der Waals surface area (Å²) in [4.78, 5) is 0. The molecule has 1 heterocycles. The molecule has 1 aromatic heterocycles. The Morgan fingerprint density at radius 1 is 0.556 bits per heavy atom. The van der Waals surface area contributed by atoms with Crippen molar-refractivity contribution < 1.29 is 4.74 Å². The molecule has 0 aliphatic carbocycles. The van der Waals surface area contributed by atoms with Crippen molar-refractivity contribution in [3.8, 4) is 22.9 Å². The molecule has 0 N–H and O–H groups in total. The molecule has 0 atom stereocenters. The second-order valence-electron chi connectivity index (χ2n) is 6.38. The molecule has 0 spiro atoms. The lowest BCUT2D eigenvalue weighted by Crippen LogP contribution is -1.95. The zero-order chi connectivity index (χ0) is 18.1. The first-order valence-electron chi connectivity index (χ1n) is 8.86. The molecule has 0 amide bonds. The number of benzene rings is 4. The normalized spacial score (nSPS) is 11.0. The van der Waals surface area contributed by atoms with E-state index < -0.39 is 0 Å². The fourth-order valence-corrected chi connectivity index (χ4v) is 3.31. The van der Waals surface area contributed by atoms with Crippen molar-refractivity contribution >= 4 is 21.5 Å². The fraction of sp³-hybridized carbons (Fsp3) is 0.